The van der Waals surface area contributed by atoms with Crippen molar-refractivity contribution in [2.75, 3.05) is 6.61 Å². The molecule has 142 valence electrons. The highest BCUT2D eigenvalue weighted by Crippen LogP contribution is 2.33. The van der Waals surface area contributed by atoms with Crippen LogP contribution in [-0.2, 0) is 4.79 Å². The van der Waals surface area contributed by atoms with Crippen molar-refractivity contribution in [2.45, 2.75) is 0 Å². The van der Waals surface area contributed by atoms with Gasteiger partial charge in [-0.15, -0.1) is 0 Å². The monoisotopic (exact) mass is 461 g/mol. The van der Waals surface area contributed by atoms with E-state index in [9.17, 15) is 14.9 Å². The van der Waals surface area contributed by atoms with Crippen LogP contribution in [0.25, 0.3) is 10.8 Å². The first-order valence-corrected chi connectivity index (χ1v) is 9.18. The minimum absolute atomic E-state index is 0.0283. The number of ether oxygens (including phenoxy) is 1. The van der Waals surface area contributed by atoms with E-state index in [4.69, 9.17) is 16.3 Å². The Kier molecular flexibility index (Phi) is 6.23. The highest BCUT2D eigenvalue weighted by atomic mass is 79.9. The third-order valence-electron chi connectivity index (χ3n) is 3.76. The number of rotatable bonds is 6. The van der Waals surface area contributed by atoms with E-state index < -0.39 is 10.8 Å². The molecule has 1 N–H and O–H groups in total. The SMILES string of the molecule is O=C(COc1ccc2ccccc2c1Br)N/N=C/c1ccc(Cl)c([N+](=O)[O-])c1. The van der Waals surface area contributed by atoms with Crippen LogP contribution in [0.4, 0.5) is 5.69 Å². The van der Waals surface area contributed by atoms with Gasteiger partial charge in [0.1, 0.15) is 10.8 Å². The summed E-state index contributed by atoms with van der Waals surface area (Å²) in [6.07, 6.45) is 1.28. The zero-order valence-corrected chi connectivity index (χ0v) is 16.6. The number of amides is 1. The molecule has 3 aromatic carbocycles. The molecule has 0 heterocycles. The molecule has 1 amide bonds. The number of nitrogens with one attached hydrogen (secondary N) is 1. The number of hydrogen-bond acceptors (Lipinski definition) is 5. The number of hydrazone groups is 1. The fraction of sp³-hybridized carbons (Fsp3) is 0.0526. The fourth-order valence-electron chi connectivity index (χ4n) is 2.43. The van der Waals surface area contributed by atoms with Crippen LogP contribution in [-0.4, -0.2) is 23.7 Å². The average molecular weight is 463 g/mol. The van der Waals surface area contributed by atoms with Gasteiger partial charge in [-0.05, 0) is 38.8 Å². The lowest BCUT2D eigenvalue weighted by Gasteiger charge is -2.09. The van der Waals surface area contributed by atoms with Gasteiger partial charge in [0, 0.05) is 11.6 Å². The molecule has 3 rings (SSSR count). The van der Waals surface area contributed by atoms with Crippen molar-refractivity contribution in [1.82, 2.24) is 5.43 Å². The van der Waals surface area contributed by atoms with Gasteiger partial charge in [0.2, 0.25) is 0 Å². The molecule has 9 heteroatoms. The van der Waals surface area contributed by atoms with Gasteiger partial charge in [0.25, 0.3) is 11.6 Å². The number of nitro benzene ring substituents is 1. The van der Waals surface area contributed by atoms with Crippen LogP contribution in [0, 0.1) is 10.1 Å². The van der Waals surface area contributed by atoms with E-state index in [-0.39, 0.29) is 17.3 Å². The lowest BCUT2D eigenvalue weighted by atomic mass is 10.1. The van der Waals surface area contributed by atoms with Crippen LogP contribution < -0.4 is 10.2 Å². The van der Waals surface area contributed by atoms with Gasteiger partial charge in [-0.2, -0.15) is 5.10 Å². The second-order valence-electron chi connectivity index (χ2n) is 5.65. The van der Waals surface area contributed by atoms with Crippen LogP contribution in [0.15, 0.2) is 64.2 Å². The van der Waals surface area contributed by atoms with Gasteiger partial charge < -0.3 is 4.74 Å². The molecule has 0 saturated carbocycles. The molecule has 0 aliphatic carbocycles. The third-order valence-corrected chi connectivity index (χ3v) is 4.89. The van der Waals surface area contributed by atoms with Crippen molar-refractivity contribution in [3.8, 4) is 5.75 Å². The van der Waals surface area contributed by atoms with E-state index in [2.05, 4.69) is 26.5 Å². The minimum atomic E-state index is -0.590. The molecule has 7 nitrogen and oxygen atoms in total. The van der Waals surface area contributed by atoms with E-state index in [0.717, 1.165) is 15.2 Å². The van der Waals surface area contributed by atoms with Gasteiger partial charge >= 0.3 is 0 Å². The molecule has 0 fully saturated rings. The fourth-order valence-corrected chi connectivity index (χ4v) is 3.22. The van der Waals surface area contributed by atoms with Crippen molar-refractivity contribution in [1.29, 1.82) is 0 Å². The first kappa shape index (κ1) is 19.8. The Morgan fingerprint density at radius 3 is 2.82 bits per heavy atom. The molecule has 0 aromatic heterocycles. The molecule has 0 radical (unpaired) electrons. The zero-order chi connectivity index (χ0) is 20.1. The van der Waals surface area contributed by atoms with Gasteiger partial charge in [-0.25, -0.2) is 5.43 Å². The predicted octanol–water partition coefficient (Wildman–Crippen LogP) is 4.69. The van der Waals surface area contributed by atoms with Crippen molar-refractivity contribution in [3.05, 3.63) is 79.8 Å². The molecule has 0 bridgehead atoms. The van der Waals surface area contributed by atoms with E-state index in [0.29, 0.717) is 11.3 Å². The Labute approximate surface area is 173 Å². The Hall–Kier alpha value is -2.97. The highest BCUT2D eigenvalue weighted by Gasteiger charge is 2.12. The Morgan fingerprint density at radius 2 is 2.04 bits per heavy atom. The maximum atomic E-state index is 11.9. The van der Waals surface area contributed by atoms with Crippen molar-refractivity contribution < 1.29 is 14.5 Å². The van der Waals surface area contributed by atoms with Gasteiger partial charge in [0.05, 0.1) is 15.6 Å². The van der Waals surface area contributed by atoms with Gasteiger partial charge in [-0.3, -0.25) is 14.9 Å². The number of carbonyl (C=O) groups excluding carboxylic acids is 1. The number of fused-ring (bicyclic) bond motifs is 1. The second kappa shape index (κ2) is 8.81. The summed E-state index contributed by atoms with van der Waals surface area (Å²) in [6.45, 7) is -0.241. The number of carbonyl (C=O) groups is 1. The summed E-state index contributed by atoms with van der Waals surface area (Å²) in [5.74, 6) is 0.0610. The molecule has 0 aliphatic rings. The zero-order valence-electron chi connectivity index (χ0n) is 14.3. The van der Waals surface area contributed by atoms with E-state index >= 15 is 0 Å². The summed E-state index contributed by atoms with van der Waals surface area (Å²) in [4.78, 5) is 22.2. The molecular formula is C19H13BrClN3O4. The smallest absolute Gasteiger partial charge is 0.288 e. The Morgan fingerprint density at radius 1 is 1.25 bits per heavy atom. The normalized spacial score (nSPS) is 10.9. The molecule has 0 spiro atoms. The molecule has 0 atom stereocenters. The molecular weight excluding hydrogens is 450 g/mol. The van der Waals surface area contributed by atoms with Gasteiger partial charge in [-0.1, -0.05) is 48.0 Å². The highest BCUT2D eigenvalue weighted by molar-refractivity contribution is 9.10. The second-order valence-corrected chi connectivity index (χ2v) is 6.85. The quantitative estimate of drug-likeness (QED) is 0.326. The maximum Gasteiger partial charge on any atom is 0.288 e. The standard InChI is InChI=1S/C19H13BrClN3O4/c20-19-14-4-2-1-3-13(14)6-8-17(19)28-11-18(25)23-22-10-12-5-7-15(21)16(9-12)24(26)27/h1-10H,11H2,(H,23,25)/b22-10+. The number of hydrogen-bond donors (Lipinski definition) is 1. The van der Waals surface area contributed by atoms with Gasteiger partial charge in [0.15, 0.2) is 6.61 Å². The maximum absolute atomic E-state index is 11.9. The molecule has 0 unspecified atom stereocenters. The van der Waals surface area contributed by atoms with E-state index in [1.54, 1.807) is 12.1 Å². The largest absolute Gasteiger partial charge is 0.483 e. The summed E-state index contributed by atoms with van der Waals surface area (Å²) >= 11 is 9.24. The topological polar surface area (TPSA) is 93.8 Å². The Bertz CT molecular complexity index is 1090. The predicted molar refractivity (Wildman–Crippen MR) is 111 cm³/mol. The van der Waals surface area contributed by atoms with E-state index in [1.807, 2.05) is 30.3 Å². The molecule has 0 saturated heterocycles. The number of halogens is 2. The van der Waals surface area contributed by atoms with E-state index in [1.165, 1.54) is 18.3 Å². The van der Waals surface area contributed by atoms with Crippen LogP contribution in [0.1, 0.15) is 5.56 Å². The number of benzene rings is 3. The van der Waals surface area contributed by atoms with Crippen LogP contribution in [0.3, 0.4) is 0 Å². The van der Waals surface area contributed by atoms with Crippen molar-refractivity contribution >= 4 is 56.1 Å². The van der Waals surface area contributed by atoms with Crippen molar-refractivity contribution in [2.24, 2.45) is 5.10 Å². The van der Waals surface area contributed by atoms with Crippen LogP contribution >= 0.6 is 27.5 Å². The lowest BCUT2D eigenvalue weighted by molar-refractivity contribution is -0.384. The first-order valence-electron chi connectivity index (χ1n) is 8.01. The number of nitrogens with zero attached hydrogens (tertiary/aromatic N) is 2. The summed E-state index contributed by atoms with van der Waals surface area (Å²) in [6, 6.07) is 15.7. The molecule has 28 heavy (non-hydrogen) atoms. The summed E-state index contributed by atoms with van der Waals surface area (Å²) in [5, 5.41) is 16.7. The molecule has 3 aromatic rings. The summed E-state index contributed by atoms with van der Waals surface area (Å²) in [7, 11) is 0. The average Bonchev–Trinajstić information content (AvgIpc) is 2.69. The van der Waals surface area contributed by atoms with Crippen LogP contribution in [0.2, 0.25) is 5.02 Å². The summed E-state index contributed by atoms with van der Waals surface area (Å²) < 4.78 is 6.30. The number of nitro groups is 1. The Balaban J connectivity index is 1.59. The van der Waals surface area contributed by atoms with Crippen molar-refractivity contribution in [3.63, 3.8) is 0 Å². The minimum Gasteiger partial charge on any atom is -0.483 e. The molecule has 0 aliphatic heterocycles. The first-order chi connectivity index (χ1) is 13.5. The third kappa shape index (κ3) is 4.65. The summed E-state index contributed by atoms with van der Waals surface area (Å²) in [5.41, 5.74) is 2.50. The van der Waals surface area contributed by atoms with Crippen LogP contribution in [0.5, 0.6) is 5.75 Å². The lowest BCUT2D eigenvalue weighted by Crippen LogP contribution is -2.24.